The van der Waals surface area contributed by atoms with Crippen molar-refractivity contribution in [2.24, 2.45) is 11.3 Å². The first-order valence-corrected chi connectivity index (χ1v) is 10.1. The summed E-state index contributed by atoms with van der Waals surface area (Å²) < 4.78 is 5.42. The first kappa shape index (κ1) is 20.3. The van der Waals surface area contributed by atoms with Crippen molar-refractivity contribution in [2.75, 3.05) is 24.5 Å². The van der Waals surface area contributed by atoms with Crippen LogP contribution in [-0.2, 0) is 4.79 Å². The second kappa shape index (κ2) is 8.29. The lowest BCUT2D eigenvalue weighted by molar-refractivity contribution is -0.128. The van der Waals surface area contributed by atoms with Crippen LogP contribution < -0.4 is 10.2 Å². The van der Waals surface area contributed by atoms with Crippen LogP contribution >= 0.6 is 0 Å². The maximum atomic E-state index is 12.1. The Kier molecular flexibility index (Phi) is 6.01. The first-order chi connectivity index (χ1) is 13.2. The van der Waals surface area contributed by atoms with Gasteiger partial charge in [0.25, 0.3) is 5.89 Å². The number of hydrogen-bond acceptors (Lipinski definition) is 6. The van der Waals surface area contributed by atoms with E-state index in [0.29, 0.717) is 24.2 Å². The largest absolute Gasteiger partial charge is 0.356 e. The van der Waals surface area contributed by atoms with E-state index in [1.165, 1.54) is 0 Å². The Labute approximate surface area is 166 Å². The van der Waals surface area contributed by atoms with Crippen molar-refractivity contribution in [3.05, 3.63) is 24.2 Å². The standard InChI is InChI=1S/C21H31N5O2/c1-14(2)18-24-19(28-25-18)16-8-9-22-17(11-16)26-10-6-7-15(13-26)12-23-20(27)21(3,4)5/h8-9,11,14-15H,6-7,10,12-13H2,1-5H3,(H,23,27). The lowest BCUT2D eigenvalue weighted by Gasteiger charge is -2.34. The molecule has 1 aliphatic rings. The van der Waals surface area contributed by atoms with Gasteiger partial charge in [0.15, 0.2) is 5.82 Å². The third kappa shape index (κ3) is 4.88. The molecule has 1 aliphatic heterocycles. The van der Waals surface area contributed by atoms with Crippen molar-refractivity contribution in [3.63, 3.8) is 0 Å². The molecule has 1 atom stereocenters. The minimum Gasteiger partial charge on any atom is -0.356 e. The van der Waals surface area contributed by atoms with E-state index in [4.69, 9.17) is 4.52 Å². The van der Waals surface area contributed by atoms with E-state index in [0.717, 1.165) is 37.3 Å². The van der Waals surface area contributed by atoms with Crippen LogP contribution in [0.3, 0.4) is 0 Å². The summed E-state index contributed by atoms with van der Waals surface area (Å²) >= 11 is 0. The maximum absolute atomic E-state index is 12.1. The maximum Gasteiger partial charge on any atom is 0.258 e. The molecule has 0 aromatic carbocycles. The van der Waals surface area contributed by atoms with Crippen molar-refractivity contribution >= 4 is 11.7 Å². The fourth-order valence-corrected chi connectivity index (χ4v) is 3.25. The quantitative estimate of drug-likeness (QED) is 0.846. The molecule has 2 aromatic heterocycles. The van der Waals surface area contributed by atoms with Gasteiger partial charge in [0.05, 0.1) is 0 Å². The molecule has 0 saturated carbocycles. The lowest BCUT2D eigenvalue weighted by Crippen LogP contribution is -2.43. The number of hydrogen-bond donors (Lipinski definition) is 1. The zero-order valence-electron chi connectivity index (χ0n) is 17.5. The van der Waals surface area contributed by atoms with Gasteiger partial charge in [-0.1, -0.05) is 39.8 Å². The molecule has 7 heteroatoms. The minimum atomic E-state index is -0.358. The summed E-state index contributed by atoms with van der Waals surface area (Å²) in [5, 5.41) is 7.14. The van der Waals surface area contributed by atoms with Gasteiger partial charge in [0, 0.05) is 42.7 Å². The molecule has 2 aromatic rings. The Morgan fingerprint density at radius 2 is 2.18 bits per heavy atom. The highest BCUT2D eigenvalue weighted by Gasteiger charge is 2.25. The number of nitrogens with one attached hydrogen (secondary N) is 1. The molecular weight excluding hydrogens is 354 g/mol. The van der Waals surface area contributed by atoms with Crippen molar-refractivity contribution in [2.45, 2.75) is 53.4 Å². The van der Waals surface area contributed by atoms with Gasteiger partial charge in [-0.05, 0) is 30.9 Å². The Bertz CT molecular complexity index is 809. The number of aromatic nitrogens is 3. The summed E-state index contributed by atoms with van der Waals surface area (Å²) in [7, 11) is 0. The summed E-state index contributed by atoms with van der Waals surface area (Å²) in [4.78, 5) is 23.5. The van der Waals surface area contributed by atoms with Crippen molar-refractivity contribution in [1.29, 1.82) is 0 Å². The van der Waals surface area contributed by atoms with Crippen molar-refractivity contribution < 1.29 is 9.32 Å². The second-order valence-electron chi connectivity index (χ2n) is 8.93. The average molecular weight is 386 g/mol. The molecule has 0 radical (unpaired) electrons. The highest BCUT2D eigenvalue weighted by atomic mass is 16.5. The number of nitrogens with zero attached hydrogens (tertiary/aromatic N) is 4. The molecule has 7 nitrogen and oxygen atoms in total. The fraction of sp³-hybridized carbons (Fsp3) is 0.619. The molecule has 3 heterocycles. The second-order valence-corrected chi connectivity index (χ2v) is 8.93. The van der Waals surface area contributed by atoms with Gasteiger partial charge < -0.3 is 14.7 Å². The molecule has 28 heavy (non-hydrogen) atoms. The van der Waals surface area contributed by atoms with E-state index >= 15 is 0 Å². The third-order valence-corrected chi connectivity index (χ3v) is 5.03. The van der Waals surface area contributed by atoms with Crippen LogP contribution in [0.5, 0.6) is 0 Å². The van der Waals surface area contributed by atoms with Crippen LogP contribution in [-0.4, -0.2) is 40.7 Å². The molecule has 1 fully saturated rings. The van der Waals surface area contributed by atoms with Gasteiger partial charge in [-0.25, -0.2) is 4.98 Å². The van der Waals surface area contributed by atoms with Gasteiger partial charge in [0.1, 0.15) is 5.82 Å². The van der Waals surface area contributed by atoms with Gasteiger partial charge >= 0.3 is 0 Å². The van der Waals surface area contributed by atoms with Crippen molar-refractivity contribution in [1.82, 2.24) is 20.4 Å². The Balaban J connectivity index is 1.67. The van der Waals surface area contributed by atoms with Gasteiger partial charge in [-0.2, -0.15) is 4.98 Å². The van der Waals surface area contributed by atoms with Gasteiger partial charge in [-0.15, -0.1) is 0 Å². The normalized spacial score (nSPS) is 17.8. The smallest absolute Gasteiger partial charge is 0.258 e. The number of pyridine rings is 1. The number of carbonyl (C=O) groups excluding carboxylic acids is 1. The lowest BCUT2D eigenvalue weighted by atomic mass is 9.94. The van der Waals surface area contributed by atoms with Gasteiger partial charge in [-0.3, -0.25) is 4.79 Å². The van der Waals surface area contributed by atoms with Gasteiger partial charge in [0.2, 0.25) is 5.91 Å². The monoisotopic (exact) mass is 385 g/mol. The molecule has 1 N–H and O–H groups in total. The number of carbonyl (C=O) groups is 1. The van der Waals surface area contributed by atoms with Crippen LogP contribution in [0.4, 0.5) is 5.82 Å². The number of amides is 1. The SMILES string of the molecule is CC(C)c1noc(-c2ccnc(N3CCCC(CNC(=O)C(C)(C)C)C3)c2)n1. The summed E-state index contributed by atoms with van der Waals surface area (Å²) in [6.07, 6.45) is 3.98. The molecule has 0 bridgehead atoms. The molecule has 0 aliphatic carbocycles. The number of rotatable bonds is 5. The van der Waals surface area contributed by atoms with E-state index in [1.54, 1.807) is 6.20 Å². The summed E-state index contributed by atoms with van der Waals surface area (Å²) in [5.41, 5.74) is 0.524. The number of piperidine rings is 1. The minimum absolute atomic E-state index is 0.0992. The summed E-state index contributed by atoms with van der Waals surface area (Å²) in [6, 6.07) is 3.90. The molecule has 1 amide bonds. The van der Waals surface area contributed by atoms with E-state index in [9.17, 15) is 4.79 Å². The summed E-state index contributed by atoms with van der Waals surface area (Å²) in [6.45, 7) is 12.4. The average Bonchev–Trinajstić information content (AvgIpc) is 3.16. The molecule has 1 saturated heterocycles. The number of anilines is 1. The van der Waals surface area contributed by atoms with Crippen molar-refractivity contribution in [3.8, 4) is 11.5 Å². The first-order valence-electron chi connectivity index (χ1n) is 10.1. The third-order valence-electron chi connectivity index (χ3n) is 5.03. The van der Waals surface area contributed by atoms with E-state index in [-0.39, 0.29) is 17.2 Å². The van der Waals surface area contributed by atoms with E-state index in [2.05, 4.69) is 25.3 Å². The fourth-order valence-electron chi connectivity index (χ4n) is 3.25. The topological polar surface area (TPSA) is 84.2 Å². The summed E-state index contributed by atoms with van der Waals surface area (Å²) in [5.74, 6) is 2.89. The van der Waals surface area contributed by atoms with Crippen LogP contribution in [0.25, 0.3) is 11.5 Å². The molecular formula is C21H31N5O2. The zero-order chi connectivity index (χ0) is 20.3. The van der Waals surface area contributed by atoms with Crippen LogP contribution in [0.2, 0.25) is 0 Å². The zero-order valence-corrected chi connectivity index (χ0v) is 17.5. The highest BCUT2D eigenvalue weighted by molar-refractivity contribution is 5.81. The molecule has 3 rings (SSSR count). The Morgan fingerprint density at radius 3 is 2.86 bits per heavy atom. The Hall–Kier alpha value is -2.44. The van der Waals surface area contributed by atoms with Crippen LogP contribution in [0.1, 0.15) is 59.2 Å². The predicted octanol–water partition coefficient (Wildman–Crippen LogP) is 3.63. The van der Waals surface area contributed by atoms with Crippen LogP contribution in [0.15, 0.2) is 22.9 Å². The Morgan fingerprint density at radius 1 is 1.39 bits per heavy atom. The highest BCUT2D eigenvalue weighted by Crippen LogP contribution is 2.26. The molecule has 0 spiro atoms. The van der Waals surface area contributed by atoms with E-state index in [1.807, 2.05) is 46.8 Å². The van der Waals surface area contributed by atoms with Crippen LogP contribution in [0, 0.1) is 11.3 Å². The van der Waals surface area contributed by atoms with E-state index < -0.39 is 0 Å². The molecule has 1 unspecified atom stereocenters. The predicted molar refractivity (Wildman–Crippen MR) is 109 cm³/mol. The molecule has 152 valence electrons.